The van der Waals surface area contributed by atoms with E-state index in [9.17, 15) is 15.0 Å². The van der Waals surface area contributed by atoms with E-state index in [4.69, 9.17) is 14.9 Å². The standard InChI is InChI=1S/C27H28N2O5/c1-17(30)29-15-19-5-6-22(13-26(31)32)25(12-19)34-16-20-10-23-7-8-33-27(23)24(11-20)21-4-2-3-18(9-21)14-28/h2-12,26,31-32H,13-16,28H2,1H3,(H,29,30). The minimum atomic E-state index is -1.49. The second kappa shape index (κ2) is 10.5. The van der Waals surface area contributed by atoms with Gasteiger partial charge in [0.2, 0.25) is 5.91 Å². The van der Waals surface area contributed by atoms with Crippen LogP contribution < -0.4 is 15.8 Å². The van der Waals surface area contributed by atoms with Crippen molar-refractivity contribution < 1.29 is 24.2 Å². The van der Waals surface area contributed by atoms with Crippen molar-refractivity contribution in [3.05, 3.63) is 89.2 Å². The Kier molecular flexibility index (Phi) is 7.27. The molecule has 5 N–H and O–H groups in total. The number of ether oxygens (including phenoxy) is 1. The van der Waals surface area contributed by atoms with E-state index in [1.54, 1.807) is 12.3 Å². The van der Waals surface area contributed by atoms with Gasteiger partial charge in [-0.05, 0) is 58.1 Å². The Bertz CT molecular complexity index is 1300. The third kappa shape index (κ3) is 5.63. The summed E-state index contributed by atoms with van der Waals surface area (Å²) >= 11 is 0. The van der Waals surface area contributed by atoms with Gasteiger partial charge in [0, 0.05) is 37.4 Å². The first-order chi connectivity index (χ1) is 16.4. The summed E-state index contributed by atoms with van der Waals surface area (Å²) in [6.45, 7) is 2.53. The van der Waals surface area contributed by atoms with Crippen LogP contribution in [0.5, 0.6) is 5.75 Å². The minimum Gasteiger partial charge on any atom is -0.489 e. The van der Waals surface area contributed by atoms with Crippen molar-refractivity contribution >= 4 is 16.9 Å². The number of fused-ring (bicyclic) bond motifs is 1. The van der Waals surface area contributed by atoms with Gasteiger partial charge in [0.1, 0.15) is 17.9 Å². The highest BCUT2D eigenvalue weighted by atomic mass is 16.5. The maximum Gasteiger partial charge on any atom is 0.217 e. The molecule has 0 fully saturated rings. The van der Waals surface area contributed by atoms with E-state index in [0.29, 0.717) is 24.4 Å². The highest BCUT2D eigenvalue weighted by Gasteiger charge is 2.13. The van der Waals surface area contributed by atoms with Gasteiger partial charge in [0.05, 0.1) is 6.26 Å². The van der Waals surface area contributed by atoms with Gasteiger partial charge in [-0.15, -0.1) is 0 Å². The average Bonchev–Trinajstić information content (AvgIpc) is 3.30. The number of furan rings is 1. The molecule has 176 valence electrons. The molecule has 1 amide bonds. The monoisotopic (exact) mass is 460 g/mol. The summed E-state index contributed by atoms with van der Waals surface area (Å²) in [4.78, 5) is 11.3. The maximum atomic E-state index is 11.3. The van der Waals surface area contributed by atoms with Gasteiger partial charge >= 0.3 is 0 Å². The van der Waals surface area contributed by atoms with E-state index in [2.05, 4.69) is 5.32 Å². The van der Waals surface area contributed by atoms with Crippen LogP contribution in [0.25, 0.3) is 22.1 Å². The van der Waals surface area contributed by atoms with Gasteiger partial charge in [-0.3, -0.25) is 4.79 Å². The molecule has 0 saturated carbocycles. The molecule has 3 aromatic carbocycles. The van der Waals surface area contributed by atoms with Crippen LogP contribution in [0, 0.1) is 0 Å². The molecular formula is C27H28N2O5. The van der Waals surface area contributed by atoms with E-state index in [1.165, 1.54) is 6.92 Å². The van der Waals surface area contributed by atoms with E-state index < -0.39 is 6.29 Å². The number of amides is 1. The molecule has 0 bridgehead atoms. The molecule has 7 heteroatoms. The third-order valence-electron chi connectivity index (χ3n) is 5.55. The number of aliphatic hydroxyl groups excluding tert-OH is 1. The molecule has 7 nitrogen and oxygen atoms in total. The van der Waals surface area contributed by atoms with Gasteiger partial charge in [0.25, 0.3) is 0 Å². The van der Waals surface area contributed by atoms with Crippen molar-refractivity contribution in [3.8, 4) is 16.9 Å². The lowest BCUT2D eigenvalue weighted by molar-refractivity contribution is -0.119. The number of hydrogen-bond acceptors (Lipinski definition) is 6. The molecular weight excluding hydrogens is 432 g/mol. The molecule has 34 heavy (non-hydrogen) atoms. The molecule has 1 heterocycles. The molecule has 4 aromatic rings. The van der Waals surface area contributed by atoms with Crippen LogP contribution in [0.4, 0.5) is 0 Å². The van der Waals surface area contributed by atoms with E-state index in [0.717, 1.165) is 38.8 Å². The Morgan fingerprint density at radius 2 is 1.91 bits per heavy atom. The molecule has 0 saturated heterocycles. The molecule has 1 aromatic heterocycles. The predicted molar refractivity (Wildman–Crippen MR) is 130 cm³/mol. The fraction of sp³-hybridized carbons (Fsp3) is 0.222. The molecule has 0 unspecified atom stereocenters. The van der Waals surface area contributed by atoms with Crippen molar-refractivity contribution in [2.45, 2.75) is 39.3 Å². The molecule has 0 spiro atoms. The number of nitrogens with one attached hydrogen (secondary N) is 1. The summed E-state index contributed by atoms with van der Waals surface area (Å²) < 4.78 is 11.9. The lowest BCUT2D eigenvalue weighted by Gasteiger charge is -2.15. The third-order valence-corrected chi connectivity index (χ3v) is 5.55. The lowest BCUT2D eigenvalue weighted by atomic mass is 9.99. The zero-order chi connectivity index (χ0) is 24.1. The van der Waals surface area contributed by atoms with E-state index in [-0.39, 0.29) is 18.9 Å². The van der Waals surface area contributed by atoms with Crippen LogP contribution in [-0.4, -0.2) is 22.4 Å². The first-order valence-corrected chi connectivity index (χ1v) is 11.1. The highest BCUT2D eigenvalue weighted by Crippen LogP contribution is 2.32. The Hall–Kier alpha value is -3.65. The van der Waals surface area contributed by atoms with Gasteiger partial charge in [-0.25, -0.2) is 0 Å². The van der Waals surface area contributed by atoms with Crippen LogP contribution in [0.2, 0.25) is 0 Å². The average molecular weight is 461 g/mol. The topological polar surface area (TPSA) is 118 Å². The predicted octanol–water partition coefficient (Wildman–Crippen LogP) is 3.63. The maximum absolute atomic E-state index is 11.3. The SMILES string of the molecule is CC(=O)NCc1ccc(CC(O)O)c(OCc2cc(-c3cccc(CN)c3)c3occc3c2)c1. The van der Waals surface area contributed by atoms with Gasteiger partial charge < -0.3 is 30.4 Å². The van der Waals surface area contributed by atoms with Crippen molar-refractivity contribution in [2.24, 2.45) is 5.73 Å². The number of carbonyl (C=O) groups excluding carboxylic acids is 1. The smallest absolute Gasteiger partial charge is 0.217 e. The summed E-state index contributed by atoms with van der Waals surface area (Å²) in [6.07, 6.45) is 0.207. The van der Waals surface area contributed by atoms with Gasteiger partial charge in [-0.1, -0.05) is 30.3 Å². The van der Waals surface area contributed by atoms with Crippen LogP contribution in [0.1, 0.15) is 29.2 Å². The van der Waals surface area contributed by atoms with Crippen molar-refractivity contribution in [3.63, 3.8) is 0 Å². The van der Waals surface area contributed by atoms with E-state index >= 15 is 0 Å². The molecule has 0 aliphatic rings. The zero-order valence-corrected chi connectivity index (χ0v) is 19.0. The quantitative estimate of drug-likeness (QED) is 0.283. The summed E-state index contributed by atoms with van der Waals surface area (Å²) in [5.41, 5.74) is 12.1. The van der Waals surface area contributed by atoms with E-state index in [1.807, 2.05) is 54.6 Å². The van der Waals surface area contributed by atoms with Gasteiger partial charge in [-0.2, -0.15) is 0 Å². The summed E-state index contributed by atoms with van der Waals surface area (Å²) in [5, 5.41) is 22.7. The summed E-state index contributed by atoms with van der Waals surface area (Å²) in [5.74, 6) is 0.409. The first-order valence-electron chi connectivity index (χ1n) is 11.1. The summed E-state index contributed by atoms with van der Waals surface area (Å²) in [6, 6.07) is 19.4. The van der Waals surface area contributed by atoms with Crippen LogP contribution in [-0.2, 0) is 30.9 Å². The van der Waals surface area contributed by atoms with Crippen LogP contribution in [0.15, 0.2) is 71.3 Å². The Morgan fingerprint density at radius 3 is 2.68 bits per heavy atom. The van der Waals surface area contributed by atoms with Crippen molar-refractivity contribution in [1.82, 2.24) is 5.32 Å². The Morgan fingerprint density at radius 1 is 1.06 bits per heavy atom. The number of nitrogens with two attached hydrogens (primary N) is 1. The number of benzene rings is 3. The molecule has 4 rings (SSSR count). The van der Waals surface area contributed by atoms with Crippen LogP contribution in [0.3, 0.4) is 0 Å². The largest absolute Gasteiger partial charge is 0.489 e. The number of hydrogen-bond donors (Lipinski definition) is 4. The molecule has 0 radical (unpaired) electrons. The van der Waals surface area contributed by atoms with Crippen molar-refractivity contribution in [1.29, 1.82) is 0 Å². The first kappa shape index (κ1) is 23.5. The van der Waals surface area contributed by atoms with Crippen LogP contribution >= 0.6 is 0 Å². The zero-order valence-electron chi connectivity index (χ0n) is 19.0. The Balaban J connectivity index is 1.64. The number of carbonyl (C=O) groups is 1. The molecule has 0 aliphatic heterocycles. The fourth-order valence-electron chi connectivity index (χ4n) is 3.90. The molecule has 0 aliphatic carbocycles. The number of aliphatic hydroxyl groups is 2. The molecule has 0 atom stereocenters. The van der Waals surface area contributed by atoms with Crippen molar-refractivity contribution in [2.75, 3.05) is 0 Å². The normalized spacial score (nSPS) is 11.2. The second-order valence-corrected chi connectivity index (χ2v) is 8.21. The number of rotatable bonds is 9. The highest BCUT2D eigenvalue weighted by molar-refractivity contribution is 5.93. The lowest BCUT2D eigenvalue weighted by Crippen LogP contribution is -2.19. The van der Waals surface area contributed by atoms with Gasteiger partial charge in [0.15, 0.2) is 6.29 Å². The summed E-state index contributed by atoms with van der Waals surface area (Å²) in [7, 11) is 0. The Labute approximate surface area is 197 Å². The minimum absolute atomic E-state index is 0.0354. The second-order valence-electron chi connectivity index (χ2n) is 8.21. The fourth-order valence-corrected chi connectivity index (χ4v) is 3.90.